The molecule has 3 rings (SSSR count). The molecule has 0 aromatic heterocycles. The molecule has 3 heterocycles. The molecule has 3 saturated heterocycles. The van der Waals surface area contributed by atoms with Gasteiger partial charge in [0.25, 0.3) is 0 Å². The largest absolute Gasteiger partial charge is 0.342 e. The molecule has 0 bridgehead atoms. The second-order valence-electron chi connectivity index (χ2n) is 7.92. The van der Waals surface area contributed by atoms with Crippen molar-refractivity contribution in [3.05, 3.63) is 0 Å². The van der Waals surface area contributed by atoms with Crippen LogP contribution in [0.5, 0.6) is 0 Å². The smallest absolute Gasteiger partial charge is 0.225 e. The Kier molecular flexibility index (Phi) is 6.79. The Balaban J connectivity index is 1.40. The van der Waals surface area contributed by atoms with E-state index in [2.05, 4.69) is 40.7 Å². The summed E-state index contributed by atoms with van der Waals surface area (Å²) in [6.45, 7) is 13.3. The average molecular weight is 448 g/mol. The van der Waals surface area contributed by atoms with Gasteiger partial charge in [-0.1, -0.05) is 13.8 Å². The summed E-state index contributed by atoms with van der Waals surface area (Å²) in [6.07, 6.45) is 4.98. The van der Waals surface area contributed by atoms with Crippen LogP contribution in [0.15, 0.2) is 0 Å². The van der Waals surface area contributed by atoms with Crippen molar-refractivity contribution >= 4 is 28.8 Å². The van der Waals surface area contributed by atoms with Crippen LogP contribution in [0.3, 0.4) is 0 Å². The predicted octanol–water partition coefficient (Wildman–Crippen LogP) is 2.07. The summed E-state index contributed by atoms with van der Waals surface area (Å²) in [5.41, 5.74) is 0. The quantitative estimate of drug-likeness (QED) is 0.489. The van der Waals surface area contributed by atoms with Crippen molar-refractivity contribution in [1.29, 1.82) is 0 Å². The second kappa shape index (κ2) is 8.64. The van der Waals surface area contributed by atoms with Crippen molar-refractivity contribution in [3.63, 3.8) is 0 Å². The van der Waals surface area contributed by atoms with Crippen molar-refractivity contribution in [2.24, 2.45) is 5.92 Å². The topological polar surface area (TPSA) is 30.0 Å². The van der Waals surface area contributed by atoms with Gasteiger partial charge in [-0.3, -0.25) is 9.69 Å². The van der Waals surface area contributed by atoms with Gasteiger partial charge in [-0.25, -0.2) is 3.11 Å². The lowest BCUT2D eigenvalue weighted by Gasteiger charge is -2.45. The molecule has 0 aliphatic carbocycles. The van der Waals surface area contributed by atoms with Crippen LogP contribution >= 0.6 is 22.9 Å². The van der Waals surface area contributed by atoms with E-state index in [-0.39, 0.29) is 5.92 Å². The highest BCUT2D eigenvalue weighted by molar-refractivity contribution is 14.1. The van der Waals surface area contributed by atoms with Crippen molar-refractivity contribution < 1.29 is 4.79 Å². The number of carbonyl (C=O) groups excluding carboxylic acids is 1. The van der Waals surface area contributed by atoms with Crippen LogP contribution in [-0.4, -0.2) is 88.2 Å². The van der Waals surface area contributed by atoms with E-state index in [0.29, 0.717) is 11.9 Å². The number of piperidine rings is 2. The van der Waals surface area contributed by atoms with E-state index in [4.69, 9.17) is 0 Å². The van der Waals surface area contributed by atoms with Crippen molar-refractivity contribution in [1.82, 2.24) is 17.8 Å². The zero-order valence-corrected chi connectivity index (χ0v) is 17.4. The Labute approximate surface area is 161 Å². The minimum atomic E-state index is 0.139. The summed E-state index contributed by atoms with van der Waals surface area (Å²) in [4.78, 5) is 19.6. The molecule has 0 aromatic carbocycles. The lowest BCUT2D eigenvalue weighted by atomic mass is 9.96. The van der Waals surface area contributed by atoms with Crippen LogP contribution in [0.25, 0.3) is 0 Å². The average Bonchev–Trinajstić information content (AvgIpc) is 2.62. The third kappa shape index (κ3) is 4.62. The molecule has 138 valence electrons. The number of halogens is 1. The SMILES string of the molecule is CC(C)C(=O)N1CCC(N2CCC(N3CCN(I)CC3)CC2)CC1. The van der Waals surface area contributed by atoms with Crippen LogP contribution in [0.4, 0.5) is 0 Å². The Morgan fingerprint density at radius 3 is 1.75 bits per heavy atom. The number of carbonyl (C=O) groups is 1. The van der Waals surface area contributed by atoms with Gasteiger partial charge >= 0.3 is 0 Å². The Morgan fingerprint density at radius 2 is 1.25 bits per heavy atom. The van der Waals surface area contributed by atoms with Crippen LogP contribution in [0, 0.1) is 5.92 Å². The number of piperazine rings is 1. The fraction of sp³-hybridized carbons (Fsp3) is 0.944. The summed E-state index contributed by atoms with van der Waals surface area (Å²) in [5, 5.41) is 0. The molecule has 0 unspecified atom stereocenters. The normalized spacial score (nSPS) is 27.1. The molecule has 1 amide bonds. The number of nitrogens with zero attached hydrogens (tertiary/aromatic N) is 4. The monoisotopic (exact) mass is 448 g/mol. The molecule has 5 nitrogen and oxygen atoms in total. The van der Waals surface area contributed by atoms with Crippen molar-refractivity contribution in [3.8, 4) is 0 Å². The maximum absolute atomic E-state index is 12.1. The molecule has 6 heteroatoms. The van der Waals surface area contributed by atoms with Crippen LogP contribution in [0.1, 0.15) is 39.5 Å². The second-order valence-corrected chi connectivity index (χ2v) is 9.29. The van der Waals surface area contributed by atoms with Gasteiger partial charge in [-0.2, -0.15) is 0 Å². The van der Waals surface area contributed by atoms with E-state index < -0.39 is 0 Å². The Morgan fingerprint density at radius 1 is 0.792 bits per heavy atom. The number of hydrogen-bond acceptors (Lipinski definition) is 4. The van der Waals surface area contributed by atoms with Gasteiger partial charge in [0.1, 0.15) is 0 Å². The first-order valence-electron chi connectivity index (χ1n) is 9.72. The molecule has 0 radical (unpaired) electrons. The fourth-order valence-corrected chi connectivity index (χ4v) is 4.93. The molecule has 3 aliphatic heterocycles. The molecule has 0 N–H and O–H groups in total. The van der Waals surface area contributed by atoms with Crippen molar-refractivity contribution in [2.45, 2.75) is 51.6 Å². The van der Waals surface area contributed by atoms with Crippen LogP contribution < -0.4 is 0 Å². The lowest BCUT2D eigenvalue weighted by molar-refractivity contribution is -0.136. The van der Waals surface area contributed by atoms with E-state index >= 15 is 0 Å². The van der Waals surface area contributed by atoms with Gasteiger partial charge in [0, 0.05) is 80.1 Å². The summed E-state index contributed by atoms with van der Waals surface area (Å²) < 4.78 is 2.41. The number of likely N-dealkylation sites (tertiary alicyclic amines) is 2. The number of amides is 1. The van der Waals surface area contributed by atoms with Gasteiger partial charge < -0.3 is 9.80 Å². The first-order chi connectivity index (χ1) is 11.5. The number of hydrogen-bond donors (Lipinski definition) is 0. The van der Waals surface area contributed by atoms with E-state index in [9.17, 15) is 4.79 Å². The van der Waals surface area contributed by atoms with Crippen molar-refractivity contribution in [2.75, 3.05) is 52.4 Å². The highest BCUT2D eigenvalue weighted by Crippen LogP contribution is 2.25. The molecule has 0 atom stereocenters. The Bertz CT molecular complexity index is 409. The highest BCUT2D eigenvalue weighted by Gasteiger charge is 2.32. The predicted molar refractivity (Wildman–Crippen MR) is 106 cm³/mol. The maximum atomic E-state index is 12.1. The minimum Gasteiger partial charge on any atom is -0.342 e. The van der Waals surface area contributed by atoms with E-state index in [1.807, 2.05) is 13.8 Å². The Hall–Kier alpha value is 0.0800. The zero-order valence-electron chi connectivity index (χ0n) is 15.3. The molecule has 3 fully saturated rings. The van der Waals surface area contributed by atoms with Crippen LogP contribution in [-0.2, 0) is 4.79 Å². The van der Waals surface area contributed by atoms with Gasteiger partial charge in [-0.05, 0) is 38.8 Å². The summed E-state index contributed by atoms with van der Waals surface area (Å²) >= 11 is 2.45. The highest BCUT2D eigenvalue weighted by atomic mass is 127. The van der Waals surface area contributed by atoms with E-state index in [1.165, 1.54) is 52.1 Å². The molecule has 0 saturated carbocycles. The molecule has 24 heavy (non-hydrogen) atoms. The molecule has 0 spiro atoms. The molecule has 0 aromatic rings. The first-order valence-corrected chi connectivity index (χ1v) is 10.7. The van der Waals surface area contributed by atoms with Crippen LogP contribution in [0.2, 0.25) is 0 Å². The fourth-order valence-electron chi connectivity index (χ4n) is 4.50. The first kappa shape index (κ1) is 18.9. The zero-order chi connectivity index (χ0) is 17.1. The summed E-state index contributed by atoms with van der Waals surface area (Å²) in [7, 11) is 0. The third-order valence-corrected chi connectivity index (χ3v) is 7.03. The standard InChI is InChI=1S/C18H33IN4O/c1-15(2)18(24)22-9-5-16(6-10-22)20-7-3-17(4-8-20)21-11-13-23(19)14-12-21/h15-17H,3-14H2,1-2H3. The van der Waals surface area contributed by atoms with Gasteiger partial charge in [0.05, 0.1) is 0 Å². The van der Waals surface area contributed by atoms with Gasteiger partial charge in [-0.15, -0.1) is 0 Å². The molecule has 3 aliphatic rings. The van der Waals surface area contributed by atoms with Gasteiger partial charge in [0.15, 0.2) is 0 Å². The summed E-state index contributed by atoms with van der Waals surface area (Å²) in [5.74, 6) is 0.474. The lowest BCUT2D eigenvalue weighted by Crippen LogP contribution is -2.54. The minimum absolute atomic E-state index is 0.139. The maximum Gasteiger partial charge on any atom is 0.225 e. The van der Waals surface area contributed by atoms with E-state index in [1.54, 1.807) is 0 Å². The summed E-state index contributed by atoms with van der Waals surface area (Å²) in [6, 6.07) is 1.50. The van der Waals surface area contributed by atoms with E-state index in [0.717, 1.165) is 32.0 Å². The molecular weight excluding hydrogens is 415 g/mol. The number of rotatable bonds is 3. The van der Waals surface area contributed by atoms with Gasteiger partial charge in [0.2, 0.25) is 5.91 Å². The third-order valence-electron chi connectivity index (χ3n) is 6.06. The molecular formula is C18H33IN4O.